The third-order valence-corrected chi connectivity index (χ3v) is 4.65. The first-order valence-electron chi connectivity index (χ1n) is 6.96. The predicted molar refractivity (Wildman–Crippen MR) is 85.1 cm³/mol. The van der Waals surface area contributed by atoms with Crippen molar-refractivity contribution < 1.29 is 0 Å². The van der Waals surface area contributed by atoms with Crippen molar-refractivity contribution in [3.8, 4) is 0 Å². The zero-order chi connectivity index (χ0) is 13.8. The molecule has 0 radical (unpaired) electrons. The van der Waals surface area contributed by atoms with Crippen LogP contribution in [0.4, 0.5) is 5.69 Å². The SMILES string of the molecule is CN(c1ccc(C(=N)N)cc1Br)C1CCCCCC1. The molecule has 104 valence electrons. The summed E-state index contributed by atoms with van der Waals surface area (Å²) in [4.78, 5) is 2.37. The molecule has 0 heterocycles. The number of hydrogen-bond donors (Lipinski definition) is 2. The summed E-state index contributed by atoms with van der Waals surface area (Å²) >= 11 is 3.61. The highest BCUT2D eigenvalue weighted by atomic mass is 79.9. The van der Waals surface area contributed by atoms with Crippen LogP contribution in [0, 0.1) is 5.41 Å². The zero-order valence-electron chi connectivity index (χ0n) is 11.5. The fraction of sp³-hybridized carbons (Fsp3) is 0.533. The van der Waals surface area contributed by atoms with Gasteiger partial charge in [-0.3, -0.25) is 5.41 Å². The lowest BCUT2D eigenvalue weighted by Crippen LogP contribution is -2.31. The van der Waals surface area contributed by atoms with Crippen molar-refractivity contribution in [2.45, 2.75) is 44.6 Å². The molecule has 0 atom stereocenters. The van der Waals surface area contributed by atoms with E-state index in [2.05, 4.69) is 33.9 Å². The van der Waals surface area contributed by atoms with Gasteiger partial charge in [0.15, 0.2) is 0 Å². The van der Waals surface area contributed by atoms with Crippen LogP contribution in [0.25, 0.3) is 0 Å². The first kappa shape index (κ1) is 14.4. The number of halogens is 1. The van der Waals surface area contributed by atoms with Gasteiger partial charge in [0, 0.05) is 23.1 Å². The fourth-order valence-corrected chi connectivity index (χ4v) is 3.46. The Hall–Kier alpha value is -1.03. The molecule has 0 unspecified atom stereocenters. The van der Waals surface area contributed by atoms with Crippen molar-refractivity contribution in [2.24, 2.45) is 5.73 Å². The van der Waals surface area contributed by atoms with E-state index >= 15 is 0 Å². The lowest BCUT2D eigenvalue weighted by molar-refractivity contribution is 0.552. The second kappa shape index (κ2) is 6.42. The van der Waals surface area contributed by atoms with Crippen molar-refractivity contribution in [2.75, 3.05) is 11.9 Å². The number of nitrogens with two attached hydrogens (primary N) is 1. The van der Waals surface area contributed by atoms with E-state index in [1.54, 1.807) is 0 Å². The molecule has 1 aromatic rings. The van der Waals surface area contributed by atoms with Crippen molar-refractivity contribution in [3.05, 3.63) is 28.2 Å². The smallest absolute Gasteiger partial charge is 0.122 e. The summed E-state index contributed by atoms with van der Waals surface area (Å²) in [6.45, 7) is 0. The average Bonchev–Trinajstić information content (AvgIpc) is 2.66. The van der Waals surface area contributed by atoms with Crippen LogP contribution in [0.5, 0.6) is 0 Å². The molecule has 2 rings (SSSR count). The largest absolute Gasteiger partial charge is 0.384 e. The van der Waals surface area contributed by atoms with E-state index in [-0.39, 0.29) is 5.84 Å². The molecule has 0 aliphatic heterocycles. The Kier molecular flexibility index (Phi) is 4.86. The molecular weight excluding hydrogens is 302 g/mol. The summed E-state index contributed by atoms with van der Waals surface area (Å²) in [5.41, 5.74) is 7.48. The molecule has 0 spiro atoms. The monoisotopic (exact) mass is 323 g/mol. The third-order valence-electron chi connectivity index (χ3n) is 4.01. The van der Waals surface area contributed by atoms with Gasteiger partial charge in [-0.15, -0.1) is 0 Å². The maximum atomic E-state index is 7.48. The predicted octanol–water partition coefficient (Wildman–Crippen LogP) is 3.89. The number of nitrogens with zero attached hydrogens (tertiary/aromatic N) is 1. The van der Waals surface area contributed by atoms with Crippen LogP contribution in [0.15, 0.2) is 22.7 Å². The van der Waals surface area contributed by atoms with E-state index < -0.39 is 0 Å². The molecular formula is C15H22BrN3. The van der Waals surface area contributed by atoms with Crippen LogP contribution in [0.2, 0.25) is 0 Å². The van der Waals surface area contributed by atoms with Crippen molar-refractivity contribution in [1.29, 1.82) is 5.41 Å². The first-order valence-corrected chi connectivity index (χ1v) is 7.75. The Bertz CT molecular complexity index is 451. The van der Waals surface area contributed by atoms with Gasteiger partial charge in [-0.25, -0.2) is 0 Å². The molecule has 1 saturated carbocycles. The van der Waals surface area contributed by atoms with Gasteiger partial charge >= 0.3 is 0 Å². The van der Waals surface area contributed by atoms with E-state index in [1.165, 1.54) is 44.2 Å². The number of anilines is 1. The summed E-state index contributed by atoms with van der Waals surface area (Å²) in [5, 5.41) is 7.48. The maximum absolute atomic E-state index is 7.48. The zero-order valence-corrected chi connectivity index (χ0v) is 13.0. The Morgan fingerprint density at radius 2 is 1.89 bits per heavy atom. The van der Waals surface area contributed by atoms with Gasteiger partial charge in [-0.05, 0) is 47.0 Å². The molecule has 1 aliphatic rings. The highest BCUT2D eigenvalue weighted by molar-refractivity contribution is 9.10. The summed E-state index contributed by atoms with van der Waals surface area (Å²) < 4.78 is 1.02. The summed E-state index contributed by atoms with van der Waals surface area (Å²) in [6, 6.07) is 6.55. The molecule has 1 aromatic carbocycles. The molecule has 3 nitrogen and oxygen atoms in total. The maximum Gasteiger partial charge on any atom is 0.122 e. The second-order valence-electron chi connectivity index (χ2n) is 5.34. The molecule has 0 aromatic heterocycles. The van der Waals surface area contributed by atoms with Crippen LogP contribution in [0.1, 0.15) is 44.1 Å². The number of nitrogen functional groups attached to an aromatic ring is 1. The molecule has 3 N–H and O–H groups in total. The summed E-state index contributed by atoms with van der Waals surface area (Å²) in [6.07, 6.45) is 7.95. The van der Waals surface area contributed by atoms with E-state index in [0.29, 0.717) is 6.04 Å². The van der Waals surface area contributed by atoms with Crippen LogP contribution in [-0.4, -0.2) is 18.9 Å². The van der Waals surface area contributed by atoms with Gasteiger partial charge < -0.3 is 10.6 Å². The van der Waals surface area contributed by atoms with Gasteiger partial charge in [-0.1, -0.05) is 25.7 Å². The standard InChI is InChI=1S/C15H22BrN3/c1-19(12-6-4-2-3-5-7-12)14-9-8-11(15(17)18)10-13(14)16/h8-10,12H,2-7H2,1H3,(H3,17,18). The highest BCUT2D eigenvalue weighted by Gasteiger charge is 2.19. The summed E-state index contributed by atoms with van der Waals surface area (Å²) in [7, 11) is 2.17. The van der Waals surface area contributed by atoms with E-state index in [9.17, 15) is 0 Å². The molecule has 0 bridgehead atoms. The molecule has 0 amide bonds. The van der Waals surface area contributed by atoms with Crippen molar-refractivity contribution in [1.82, 2.24) is 0 Å². The normalized spacial score (nSPS) is 16.9. The molecule has 4 heteroatoms. The summed E-state index contributed by atoms with van der Waals surface area (Å²) in [5.74, 6) is 0.115. The van der Waals surface area contributed by atoms with Crippen LogP contribution < -0.4 is 10.6 Å². The molecule has 19 heavy (non-hydrogen) atoms. The Morgan fingerprint density at radius 1 is 1.26 bits per heavy atom. The Labute approximate surface area is 123 Å². The second-order valence-corrected chi connectivity index (χ2v) is 6.19. The van der Waals surface area contributed by atoms with Gasteiger partial charge in [0.05, 0.1) is 5.69 Å². The molecule has 1 aliphatic carbocycles. The minimum Gasteiger partial charge on any atom is -0.384 e. The van der Waals surface area contributed by atoms with Crippen LogP contribution >= 0.6 is 15.9 Å². The van der Waals surface area contributed by atoms with Crippen molar-refractivity contribution in [3.63, 3.8) is 0 Å². The lowest BCUT2D eigenvalue weighted by Gasteiger charge is -2.30. The quantitative estimate of drug-likeness (QED) is 0.503. The number of hydrogen-bond acceptors (Lipinski definition) is 2. The van der Waals surface area contributed by atoms with Gasteiger partial charge in [0.1, 0.15) is 5.84 Å². The average molecular weight is 324 g/mol. The van der Waals surface area contributed by atoms with E-state index in [1.807, 2.05) is 12.1 Å². The third kappa shape index (κ3) is 3.50. The minimum atomic E-state index is 0.115. The number of amidine groups is 1. The lowest BCUT2D eigenvalue weighted by atomic mass is 10.1. The molecule has 1 fully saturated rings. The number of nitrogens with one attached hydrogen (secondary N) is 1. The van der Waals surface area contributed by atoms with E-state index in [0.717, 1.165) is 10.0 Å². The highest BCUT2D eigenvalue weighted by Crippen LogP contribution is 2.31. The van der Waals surface area contributed by atoms with Crippen molar-refractivity contribution >= 4 is 27.5 Å². The Balaban J connectivity index is 2.18. The number of rotatable bonds is 3. The molecule has 0 saturated heterocycles. The van der Waals surface area contributed by atoms with Gasteiger partial charge in [0.2, 0.25) is 0 Å². The number of benzene rings is 1. The Morgan fingerprint density at radius 3 is 2.42 bits per heavy atom. The van der Waals surface area contributed by atoms with Crippen LogP contribution in [0.3, 0.4) is 0 Å². The van der Waals surface area contributed by atoms with Crippen LogP contribution in [-0.2, 0) is 0 Å². The van der Waals surface area contributed by atoms with Gasteiger partial charge in [-0.2, -0.15) is 0 Å². The topological polar surface area (TPSA) is 53.1 Å². The van der Waals surface area contributed by atoms with E-state index in [4.69, 9.17) is 11.1 Å². The first-order chi connectivity index (χ1) is 9.09. The minimum absolute atomic E-state index is 0.115. The fourth-order valence-electron chi connectivity index (χ4n) is 2.80. The van der Waals surface area contributed by atoms with Gasteiger partial charge in [0.25, 0.3) is 0 Å².